The van der Waals surface area contributed by atoms with Crippen LogP contribution in [0.5, 0.6) is 0 Å². The first kappa shape index (κ1) is 25.8. The number of carbonyl (C=O) groups excluding carboxylic acids is 2. The van der Waals surface area contributed by atoms with Gasteiger partial charge in [0.2, 0.25) is 0 Å². The van der Waals surface area contributed by atoms with Gasteiger partial charge in [0.1, 0.15) is 5.78 Å². The van der Waals surface area contributed by atoms with Gasteiger partial charge in [-0.1, -0.05) is 51.8 Å². The second kappa shape index (κ2) is 8.69. The highest BCUT2D eigenvalue weighted by Crippen LogP contribution is 2.71. The van der Waals surface area contributed by atoms with Gasteiger partial charge in [0.25, 0.3) is 0 Å². The molecule has 0 radical (unpaired) electrons. The average molecular weight is 471 g/mol. The lowest BCUT2D eigenvalue weighted by molar-refractivity contribution is -0.148. The molecule has 4 aliphatic rings. The van der Waals surface area contributed by atoms with Crippen LogP contribution in [0, 0.1) is 39.4 Å². The zero-order valence-corrected chi connectivity index (χ0v) is 22.3. The minimum atomic E-state index is -0.810. The molecule has 0 heterocycles. The second-order valence-electron chi connectivity index (χ2n) is 13.1. The molecule has 4 rings (SSSR count). The van der Waals surface area contributed by atoms with Gasteiger partial charge in [-0.2, -0.15) is 0 Å². The fraction of sp³-hybridized carbons (Fsp3) is 0.800. The fourth-order valence-electron chi connectivity index (χ4n) is 9.02. The van der Waals surface area contributed by atoms with E-state index < -0.39 is 5.41 Å². The summed E-state index contributed by atoms with van der Waals surface area (Å²) in [7, 11) is 0. The molecule has 0 unspecified atom stereocenters. The molecule has 0 aromatic carbocycles. The summed E-state index contributed by atoms with van der Waals surface area (Å²) in [4.78, 5) is 26.8. The third-order valence-corrected chi connectivity index (χ3v) is 11.6. The maximum Gasteiger partial charge on any atom is 0.159 e. The van der Waals surface area contributed by atoms with Crippen molar-refractivity contribution in [2.45, 2.75) is 99.3 Å². The van der Waals surface area contributed by atoms with E-state index in [1.165, 1.54) is 5.57 Å². The number of Topliss-reactive ketones (excluding diaryl/α,β-unsaturated/α-hetero) is 2. The number of hydrogen-bond donors (Lipinski definition) is 2. The van der Waals surface area contributed by atoms with Gasteiger partial charge in [0, 0.05) is 23.8 Å². The van der Waals surface area contributed by atoms with Crippen molar-refractivity contribution >= 4 is 11.6 Å². The lowest BCUT2D eigenvalue weighted by atomic mass is 9.43. The first-order chi connectivity index (χ1) is 15.9. The molecule has 0 aliphatic heterocycles. The summed E-state index contributed by atoms with van der Waals surface area (Å²) in [6, 6.07) is 0. The van der Waals surface area contributed by atoms with Gasteiger partial charge in [0.15, 0.2) is 5.78 Å². The Labute approximate surface area is 206 Å². The lowest BCUT2D eigenvalue weighted by Crippen LogP contribution is -2.57. The molecule has 0 amide bonds. The van der Waals surface area contributed by atoms with E-state index in [0.29, 0.717) is 24.7 Å². The van der Waals surface area contributed by atoms with Gasteiger partial charge in [-0.05, 0) is 80.5 Å². The molecule has 0 aromatic rings. The van der Waals surface area contributed by atoms with Crippen LogP contribution in [0.3, 0.4) is 0 Å². The van der Waals surface area contributed by atoms with Gasteiger partial charge in [-0.3, -0.25) is 9.59 Å². The highest BCUT2D eigenvalue weighted by Gasteiger charge is 2.65. The zero-order valence-electron chi connectivity index (χ0n) is 22.3. The van der Waals surface area contributed by atoms with Crippen LogP contribution in [0.2, 0.25) is 0 Å². The van der Waals surface area contributed by atoms with Crippen LogP contribution in [0.4, 0.5) is 0 Å². The molecule has 0 bridgehead atoms. The van der Waals surface area contributed by atoms with Crippen molar-refractivity contribution in [3.05, 3.63) is 22.8 Å². The molecule has 4 nitrogen and oxygen atoms in total. The van der Waals surface area contributed by atoms with Crippen LogP contribution >= 0.6 is 0 Å². The van der Waals surface area contributed by atoms with Crippen molar-refractivity contribution in [1.82, 2.24) is 0 Å². The summed E-state index contributed by atoms with van der Waals surface area (Å²) in [5.41, 5.74) is 2.49. The third kappa shape index (κ3) is 3.45. The molecule has 190 valence electrons. The number of carbonyl (C=O) groups is 2. The van der Waals surface area contributed by atoms with Gasteiger partial charge in [-0.25, -0.2) is 0 Å². The molecule has 0 saturated heterocycles. The van der Waals surface area contributed by atoms with E-state index in [1.807, 2.05) is 13.8 Å². The van der Waals surface area contributed by atoms with Crippen molar-refractivity contribution in [3.63, 3.8) is 0 Å². The molecule has 0 spiro atoms. The number of fused-ring (bicyclic) bond motifs is 4. The first-order valence-corrected chi connectivity index (χ1v) is 13.6. The highest BCUT2D eigenvalue weighted by atomic mass is 16.3. The molecular weight excluding hydrogens is 424 g/mol. The monoisotopic (exact) mass is 470 g/mol. The maximum atomic E-state index is 13.9. The Balaban J connectivity index is 1.69. The smallest absolute Gasteiger partial charge is 0.159 e. The van der Waals surface area contributed by atoms with Crippen LogP contribution in [0.25, 0.3) is 0 Å². The number of aliphatic hydroxyl groups is 2. The topological polar surface area (TPSA) is 74.6 Å². The average Bonchev–Trinajstić information content (AvgIpc) is 3.09. The van der Waals surface area contributed by atoms with Crippen LogP contribution in [-0.2, 0) is 9.59 Å². The van der Waals surface area contributed by atoms with Crippen molar-refractivity contribution in [2.24, 2.45) is 39.4 Å². The zero-order chi connectivity index (χ0) is 25.1. The largest absolute Gasteiger partial charge is 0.395 e. The van der Waals surface area contributed by atoms with Crippen LogP contribution in [-0.4, -0.2) is 35.0 Å². The fourth-order valence-corrected chi connectivity index (χ4v) is 9.02. The number of rotatable bonds is 6. The molecule has 2 fully saturated rings. The molecule has 2 N–H and O–H groups in total. The van der Waals surface area contributed by atoms with Crippen molar-refractivity contribution in [3.8, 4) is 0 Å². The lowest BCUT2D eigenvalue weighted by Gasteiger charge is -2.60. The second-order valence-corrected chi connectivity index (χ2v) is 13.1. The predicted octanol–water partition coefficient (Wildman–Crippen LogP) is 5.81. The number of allylic oxidation sites excluding steroid dienone is 3. The van der Waals surface area contributed by atoms with Gasteiger partial charge in [-0.15, -0.1) is 0 Å². The summed E-state index contributed by atoms with van der Waals surface area (Å²) in [5.74, 6) is 1.44. The molecular formula is C30H46O4. The molecule has 4 aliphatic carbocycles. The summed E-state index contributed by atoms with van der Waals surface area (Å²) in [6.07, 6.45) is 10.3. The molecule has 4 heteroatoms. The normalized spacial score (nSPS) is 43.5. The number of ketones is 2. The minimum Gasteiger partial charge on any atom is -0.395 e. The van der Waals surface area contributed by atoms with E-state index >= 15 is 0 Å². The van der Waals surface area contributed by atoms with Crippen LogP contribution < -0.4 is 0 Å². The Bertz CT molecular complexity index is 930. The van der Waals surface area contributed by atoms with E-state index in [-0.39, 0.29) is 46.9 Å². The molecule has 7 atom stereocenters. The molecule has 0 aromatic heterocycles. The number of aliphatic hydroxyl groups excluding tert-OH is 2. The van der Waals surface area contributed by atoms with Crippen LogP contribution in [0.1, 0.15) is 99.3 Å². The standard InChI is InChI=1S/C30H46O4/c1-19(17-31)8-7-9-20(2)21-10-15-30(6)26-22(11-14-29(21,30)5)27(3)13-12-25(34)28(4,18-32)24(27)16-23(26)33/h8,20-21,24,31-32H,7,9-18H2,1-6H3/b19-8+/t20-,21-,24-,27-,28+,29-,30+/m1/s1. The van der Waals surface area contributed by atoms with E-state index in [1.54, 1.807) is 0 Å². The Morgan fingerprint density at radius 2 is 1.79 bits per heavy atom. The highest BCUT2D eigenvalue weighted by molar-refractivity contribution is 6.01. The van der Waals surface area contributed by atoms with Crippen LogP contribution in [0.15, 0.2) is 22.8 Å². The van der Waals surface area contributed by atoms with E-state index in [4.69, 9.17) is 0 Å². The van der Waals surface area contributed by atoms with Crippen molar-refractivity contribution in [1.29, 1.82) is 0 Å². The molecule has 2 saturated carbocycles. The first-order valence-electron chi connectivity index (χ1n) is 13.6. The Morgan fingerprint density at radius 1 is 1.09 bits per heavy atom. The van der Waals surface area contributed by atoms with E-state index in [2.05, 4.69) is 33.8 Å². The Kier molecular flexibility index (Phi) is 6.60. The third-order valence-electron chi connectivity index (χ3n) is 11.6. The minimum absolute atomic E-state index is 0.0943. The maximum absolute atomic E-state index is 13.9. The quantitative estimate of drug-likeness (QED) is 0.480. The van der Waals surface area contributed by atoms with Gasteiger partial charge >= 0.3 is 0 Å². The Hall–Kier alpha value is -1.26. The number of hydrogen-bond acceptors (Lipinski definition) is 4. The van der Waals surface area contributed by atoms with Crippen molar-refractivity contribution < 1.29 is 19.8 Å². The summed E-state index contributed by atoms with van der Waals surface area (Å²) >= 11 is 0. The summed E-state index contributed by atoms with van der Waals surface area (Å²) in [6.45, 7) is 13.3. The van der Waals surface area contributed by atoms with Gasteiger partial charge in [0.05, 0.1) is 18.6 Å². The van der Waals surface area contributed by atoms with E-state index in [0.717, 1.165) is 56.1 Å². The SMILES string of the molecule is C/C(=C\CC[C@@H](C)[C@H]1CC[C@@]2(C)C3=C(CC[C@]12C)[C@@]1(C)CCC(=O)[C@@](C)(CO)[C@@H]1CC3=O)CO. The van der Waals surface area contributed by atoms with Gasteiger partial charge < -0.3 is 10.2 Å². The Morgan fingerprint density at radius 3 is 2.44 bits per heavy atom. The molecule has 34 heavy (non-hydrogen) atoms. The van der Waals surface area contributed by atoms with E-state index in [9.17, 15) is 19.8 Å². The summed E-state index contributed by atoms with van der Waals surface area (Å²) in [5, 5.41) is 19.6. The van der Waals surface area contributed by atoms with Crippen molar-refractivity contribution in [2.75, 3.05) is 13.2 Å². The summed E-state index contributed by atoms with van der Waals surface area (Å²) < 4.78 is 0. The predicted molar refractivity (Wildman–Crippen MR) is 135 cm³/mol.